The Kier molecular flexibility index (Phi) is 6.53. The van der Waals surface area contributed by atoms with Crippen molar-refractivity contribution in [3.8, 4) is 5.75 Å². The number of alkyl halides is 2. The first-order valence-corrected chi connectivity index (χ1v) is 12.6. The van der Waals surface area contributed by atoms with Gasteiger partial charge >= 0.3 is 0 Å². The third-order valence-electron chi connectivity index (χ3n) is 5.89. The topological polar surface area (TPSA) is 88.0 Å². The van der Waals surface area contributed by atoms with E-state index in [2.05, 4.69) is 15.3 Å². The Bertz CT molecular complexity index is 1390. The number of nitrogens with zero attached hydrogens (tertiary/aromatic N) is 2. The van der Waals surface area contributed by atoms with Gasteiger partial charge in [0.25, 0.3) is 6.43 Å². The smallest absolute Gasteiger partial charge is 0.266 e. The fraction of sp³-hybridized carbons (Fsp3) is 0.333. The summed E-state index contributed by atoms with van der Waals surface area (Å²) in [6.45, 7) is 3.40. The van der Waals surface area contributed by atoms with Crippen molar-refractivity contribution in [1.82, 2.24) is 9.97 Å². The van der Waals surface area contributed by atoms with Gasteiger partial charge in [-0.25, -0.2) is 27.3 Å². The van der Waals surface area contributed by atoms with Gasteiger partial charge in [0.15, 0.2) is 0 Å². The highest BCUT2D eigenvalue weighted by Crippen LogP contribution is 2.37. The zero-order valence-corrected chi connectivity index (χ0v) is 19.8. The van der Waals surface area contributed by atoms with Gasteiger partial charge in [0.1, 0.15) is 23.2 Å². The maximum atomic E-state index is 14.7. The number of halogens is 3. The van der Waals surface area contributed by atoms with Crippen molar-refractivity contribution in [1.29, 1.82) is 4.78 Å². The molecule has 4 rings (SSSR count). The van der Waals surface area contributed by atoms with Crippen molar-refractivity contribution in [2.75, 3.05) is 23.9 Å². The van der Waals surface area contributed by atoms with E-state index in [0.29, 0.717) is 34.7 Å². The molecule has 2 unspecified atom stereocenters. The van der Waals surface area contributed by atoms with Crippen LogP contribution < -0.4 is 10.1 Å². The van der Waals surface area contributed by atoms with E-state index in [9.17, 15) is 17.4 Å². The predicted octanol–water partition coefficient (Wildman–Crippen LogP) is 6.03. The Labute approximate surface area is 196 Å². The second-order valence-corrected chi connectivity index (χ2v) is 10.6. The van der Waals surface area contributed by atoms with Gasteiger partial charge in [0, 0.05) is 38.1 Å². The van der Waals surface area contributed by atoms with E-state index in [1.807, 2.05) is 6.07 Å². The van der Waals surface area contributed by atoms with Gasteiger partial charge in [-0.3, -0.25) is 4.78 Å². The molecule has 180 valence electrons. The zero-order valence-electron chi connectivity index (χ0n) is 19.0. The number of aromatic nitrogens is 2. The minimum Gasteiger partial charge on any atom is -0.496 e. The van der Waals surface area contributed by atoms with E-state index in [1.165, 1.54) is 12.1 Å². The highest BCUT2D eigenvalue weighted by atomic mass is 32.2. The predicted molar refractivity (Wildman–Crippen MR) is 127 cm³/mol. The van der Waals surface area contributed by atoms with Crippen molar-refractivity contribution in [3.63, 3.8) is 0 Å². The SMILES string of the molecule is COc1cc2nc(C)nc(NC(C)c3cccc(C(F)F)c3F)c2cc1C1=CCS(=N)(=O)CC1. The third kappa shape index (κ3) is 4.72. The summed E-state index contributed by atoms with van der Waals surface area (Å²) in [5.74, 6) is 1.000. The summed E-state index contributed by atoms with van der Waals surface area (Å²) in [4.78, 5) is 8.98. The first-order chi connectivity index (χ1) is 16.1. The number of rotatable bonds is 6. The Hall–Kier alpha value is -3.14. The lowest BCUT2D eigenvalue weighted by Crippen LogP contribution is -2.14. The normalized spacial score (nSPS) is 19.2. The lowest BCUT2D eigenvalue weighted by atomic mass is 9.99. The van der Waals surface area contributed by atoms with Crippen LogP contribution in [0, 0.1) is 17.5 Å². The van der Waals surface area contributed by atoms with Gasteiger partial charge in [0.05, 0.1) is 30.0 Å². The Balaban J connectivity index is 1.79. The quantitative estimate of drug-likeness (QED) is 0.440. The minimum atomic E-state index is -2.91. The van der Waals surface area contributed by atoms with E-state index in [1.54, 1.807) is 33.1 Å². The van der Waals surface area contributed by atoms with Crippen LogP contribution in [0.1, 0.15) is 48.3 Å². The molecule has 0 aliphatic carbocycles. The van der Waals surface area contributed by atoms with E-state index in [-0.39, 0.29) is 17.1 Å². The molecule has 10 heteroatoms. The largest absolute Gasteiger partial charge is 0.496 e. The molecule has 0 amide bonds. The molecule has 2 atom stereocenters. The molecule has 3 aromatic rings. The third-order valence-corrected chi connectivity index (χ3v) is 7.46. The van der Waals surface area contributed by atoms with Crippen LogP contribution in [0.5, 0.6) is 5.75 Å². The van der Waals surface area contributed by atoms with Crippen molar-refractivity contribution >= 4 is 32.0 Å². The number of anilines is 1. The fourth-order valence-electron chi connectivity index (χ4n) is 4.10. The number of hydrogen-bond donors (Lipinski definition) is 2. The van der Waals surface area contributed by atoms with Gasteiger partial charge in [-0.1, -0.05) is 24.3 Å². The summed E-state index contributed by atoms with van der Waals surface area (Å²) in [5.41, 5.74) is 1.76. The summed E-state index contributed by atoms with van der Waals surface area (Å²) < 4.78 is 66.5. The number of allylic oxidation sites excluding steroid dienone is 1. The minimum absolute atomic E-state index is 0.108. The van der Waals surface area contributed by atoms with Crippen LogP contribution in [0.25, 0.3) is 16.5 Å². The molecule has 2 aromatic carbocycles. The van der Waals surface area contributed by atoms with Gasteiger partial charge in [-0.2, -0.15) is 0 Å². The Morgan fingerprint density at radius 2 is 1.94 bits per heavy atom. The maximum Gasteiger partial charge on any atom is 0.266 e. The monoisotopic (exact) mass is 490 g/mol. The van der Waals surface area contributed by atoms with Crippen LogP contribution in [0.2, 0.25) is 0 Å². The molecule has 0 spiro atoms. The summed E-state index contributed by atoms with van der Waals surface area (Å²) in [6, 6.07) is 6.94. The number of hydrogen-bond acceptors (Lipinski definition) is 6. The number of methoxy groups -OCH3 is 1. The molecule has 0 fully saturated rings. The Morgan fingerprint density at radius 3 is 2.59 bits per heavy atom. The van der Waals surface area contributed by atoms with Crippen LogP contribution in [0.3, 0.4) is 0 Å². The van der Waals surface area contributed by atoms with Crippen LogP contribution in [0.15, 0.2) is 36.4 Å². The molecular weight excluding hydrogens is 465 g/mol. The van der Waals surface area contributed by atoms with Crippen LogP contribution in [-0.4, -0.2) is 32.8 Å². The molecular formula is C24H25F3N4O2S. The maximum absolute atomic E-state index is 14.7. The van der Waals surface area contributed by atoms with Crippen molar-refractivity contribution < 1.29 is 22.1 Å². The summed E-state index contributed by atoms with van der Waals surface area (Å²) in [7, 11) is -1.05. The molecule has 0 radical (unpaired) electrons. The van der Waals surface area contributed by atoms with Gasteiger partial charge in [-0.05, 0) is 31.9 Å². The molecule has 1 aliphatic heterocycles. The van der Waals surface area contributed by atoms with Gasteiger partial charge in [0.2, 0.25) is 0 Å². The Morgan fingerprint density at radius 1 is 1.21 bits per heavy atom. The van der Waals surface area contributed by atoms with Crippen LogP contribution >= 0.6 is 0 Å². The van der Waals surface area contributed by atoms with Gasteiger partial charge in [-0.15, -0.1) is 0 Å². The van der Waals surface area contributed by atoms with Crippen LogP contribution in [0.4, 0.5) is 19.0 Å². The number of aryl methyl sites for hydroxylation is 1. The van der Waals surface area contributed by atoms with Gasteiger partial charge < -0.3 is 10.1 Å². The average molecular weight is 491 g/mol. The molecule has 1 aromatic heterocycles. The van der Waals surface area contributed by atoms with Crippen molar-refractivity contribution in [2.24, 2.45) is 0 Å². The van der Waals surface area contributed by atoms with E-state index in [4.69, 9.17) is 9.52 Å². The summed E-state index contributed by atoms with van der Waals surface area (Å²) >= 11 is 0. The molecule has 1 aliphatic rings. The zero-order chi connectivity index (χ0) is 24.6. The van der Waals surface area contributed by atoms with E-state index in [0.717, 1.165) is 17.2 Å². The summed E-state index contributed by atoms with van der Waals surface area (Å²) in [6.07, 6.45) is -0.633. The lowest BCUT2D eigenvalue weighted by Gasteiger charge is -2.21. The first kappa shape index (κ1) is 24.0. The number of nitrogens with one attached hydrogen (secondary N) is 2. The number of ether oxygens (including phenoxy) is 1. The van der Waals surface area contributed by atoms with Crippen molar-refractivity contribution in [2.45, 2.75) is 32.7 Å². The second-order valence-electron chi connectivity index (χ2n) is 8.27. The molecule has 0 bridgehead atoms. The first-order valence-electron chi connectivity index (χ1n) is 10.7. The highest BCUT2D eigenvalue weighted by molar-refractivity contribution is 7.92. The molecule has 0 saturated heterocycles. The molecule has 2 heterocycles. The molecule has 34 heavy (non-hydrogen) atoms. The average Bonchev–Trinajstić information content (AvgIpc) is 2.78. The van der Waals surface area contributed by atoms with E-state index < -0.39 is 33.6 Å². The highest BCUT2D eigenvalue weighted by Gasteiger charge is 2.22. The molecule has 6 nitrogen and oxygen atoms in total. The standard InChI is InChI=1S/C24H25F3N4O2S/c1-13(16-5-4-6-17(22(16)25)23(26)27)29-24-19-11-18(15-7-9-34(28,32)10-8-15)21(33-3)12-20(19)30-14(2)31-24/h4-7,11-13,23,28H,8-10H2,1-3H3,(H,29,30,31). The lowest BCUT2D eigenvalue weighted by molar-refractivity contribution is 0.146. The molecule has 0 saturated carbocycles. The number of fused-ring (bicyclic) bond motifs is 1. The van der Waals surface area contributed by atoms with Crippen molar-refractivity contribution in [3.05, 3.63) is 64.7 Å². The summed E-state index contributed by atoms with van der Waals surface area (Å²) in [5, 5.41) is 3.81. The fourth-order valence-corrected chi connectivity index (χ4v) is 5.28. The van der Waals surface area contributed by atoms with Crippen LogP contribution in [-0.2, 0) is 9.73 Å². The molecule has 2 N–H and O–H groups in total. The number of benzene rings is 2. The second kappa shape index (κ2) is 9.25. The van der Waals surface area contributed by atoms with E-state index >= 15 is 0 Å².